The van der Waals surface area contributed by atoms with Crippen LogP contribution in [-0.4, -0.2) is 6.54 Å². The Kier molecular flexibility index (Phi) is 29.1. The third kappa shape index (κ3) is 36.0. The molecule has 0 aromatic carbocycles. The van der Waals surface area contributed by atoms with Gasteiger partial charge in [-0.1, -0.05) is 85.5 Å². The van der Waals surface area contributed by atoms with E-state index in [1.54, 1.807) is 0 Å². The number of rotatable bonds is 10. The summed E-state index contributed by atoms with van der Waals surface area (Å²) in [6, 6.07) is 0. The first-order valence-corrected chi connectivity index (χ1v) is 7.85. The van der Waals surface area contributed by atoms with Crippen LogP contribution in [0.4, 0.5) is 0 Å². The van der Waals surface area contributed by atoms with Crippen LogP contribution in [0.1, 0.15) is 91.9 Å². The van der Waals surface area contributed by atoms with Crippen molar-refractivity contribution in [2.24, 2.45) is 11.7 Å². The van der Waals surface area contributed by atoms with E-state index in [-0.39, 0.29) is 12.4 Å². The van der Waals surface area contributed by atoms with Gasteiger partial charge in [0.15, 0.2) is 0 Å². The molecule has 0 unspecified atom stereocenters. The van der Waals surface area contributed by atoms with Gasteiger partial charge in [-0.25, -0.2) is 0 Å². The second kappa shape index (κ2) is 22.4. The van der Waals surface area contributed by atoms with Crippen LogP contribution in [0.15, 0.2) is 0 Å². The van der Waals surface area contributed by atoms with E-state index in [4.69, 9.17) is 5.73 Å². The van der Waals surface area contributed by atoms with Crippen molar-refractivity contribution in [3.63, 3.8) is 0 Å². The molecule has 2 N–H and O–H groups in total. The Bertz CT molecular complexity index is 103. The topological polar surface area (TPSA) is 26.0 Å². The number of unbranched alkanes of at least 4 members (excludes halogenated alkanes) is 9. The minimum Gasteiger partial charge on any atom is -0.330 e. The minimum absolute atomic E-state index is 0. The molecule has 0 aliphatic heterocycles. The maximum atomic E-state index is 5.42. The lowest BCUT2D eigenvalue weighted by Crippen LogP contribution is -1.97. The molecular weight excluding hydrogens is 242 g/mol. The summed E-state index contributed by atoms with van der Waals surface area (Å²) >= 11 is 0. The molecule has 0 amide bonds. The summed E-state index contributed by atoms with van der Waals surface area (Å²) in [6.45, 7) is 9.64. The predicted molar refractivity (Wildman–Crippen MR) is 88.7 cm³/mol. The molecule has 0 aliphatic rings. The van der Waals surface area contributed by atoms with Gasteiger partial charge in [0, 0.05) is 0 Å². The van der Waals surface area contributed by atoms with E-state index in [1.807, 2.05) is 0 Å². The van der Waals surface area contributed by atoms with Crippen molar-refractivity contribution in [1.82, 2.24) is 0 Å². The molecule has 0 saturated carbocycles. The lowest BCUT2D eigenvalue weighted by atomic mass is 10.1. The van der Waals surface area contributed by atoms with Crippen LogP contribution in [0.2, 0.25) is 0 Å². The van der Waals surface area contributed by atoms with Gasteiger partial charge in [-0.3, -0.25) is 0 Å². The molecule has 114 valence electrons. The van der Waals surface area contributed by atoms with Crippen LogP contribution >= 0.6 is 12.4 Å². The molecule has 0 heterocycles. The molecule has 2 heteroatoms. The lowest BCUT2D eigenvalue weighted by Gasteiger charge is -2.00. The monoisotopic (exact) mass is 279 g/mol. The minimum atomic E-state index is 0. The molecule has 0 aromatic rings. The summed E-state index contributed by atoms with van der Waals surface area (Å²) in [5.41, 5.74) is 5.42. The average Bonchev–Trinajstić information content (AvgIpc) is 2.26. The zero-order valence-corrected chi connectivity index (χ0v) is 14.2. The Labute approximate surface area is 123 Å². The Balaban J connectivity index is -0.000000392. The smallest absolute Gasteiger partial charge is 0.00773 e. The second-order valence-electron chi connectivity index (χ2n) is 5.70. The quantitative estimate of drug-likeness (QED) is 0.491. The van der Waals surface area contributed by atoms with Gasteiger partial charge in [-0.2, -0.15) is 0 Å². The van der Waals surface area contributed by atoms with Crippen molar-refractivity contribution in [2.75, 3.05) is 6.54 Å². The van der Waals surface area contributed by atoms with E-state index in [0.717, 1.165) is 12.5 Å². The summed E-state index contributed by atoms with van der Waals surface area (Å²) in [4.78, 5) is 0. The van der Waals surface area contributed by atoms with E-state index >= 15 is 0 Å². The molecule has 0 radical (unpaired) electrons. The molecule has 0 spiro atoms. The van der Waals surface area contributed by atoms with Crippen LogP contribution in [0.5, 0.6) is 0 Å². The summed E-state index contributed by atoms with van der Waals surface area (Å²) in [6.07, 6.45) is 13.9. The lowest BCUT2D eigenvalue weighted by molar-refractivity contribution is 0.558. The Hall–Kier alpha value is 0.250. The van der Waals surface area contributed by atoms with Gasteiger partial charge in [0.25, 0.3) is 0 Å². The molecule has 0 fully saturated rings. The predicted octanol–water partition coefficient (Wildman–Crippen LogP) is 5.95. The standard InChI is InChI=1S/C12H27N.C4H10.ClH/c1-2-3-4-5-6-7-8-9-10-11-12-13;1-4(2)3;/h2-13H2,1H3;4H,1-3H3;1H. The largest absolute Gasteiger partial charge is 0.330 e. The zero-order chi connectivity index (χ0) is 13.4. The van der Waals surface area contributed by atoms with E-state index in [9.17, 15) is 0 Å². The number of nitrogens with two attached hydrogens (primary N) is 1. The van der Waals surface area contributed by atoms with Crippen molar-refractivity contribution in [3.05, 3.63) is 0 Å². The summed E-state index contributed by atoms with van der Waals surface area (Å²) in [5.74, 6) is 0.833. The Morgan fingerprint density at radius 2 is 0.944 bits per heavy atom. The highest BCUT2D eigenvalue weighted by molar-refractivity contribution is 5.85. The van der Waals surface area contributed by atoms with E-state index < -0.39 is 0 Å². The molecule has 0 atom stereocenters. The normalized spacial score (nSPS) is 9.67. The summed E-state index contributed by atoms with van der Waals surface area (Å²) in [5, 5.41) is 0. The Morgan fingerprint density at radius 3 is 1.22 bits per heavy atom. The van der Waals surface area contributed by atoms with E-state index in [1.165, 1.54) is 64.2 Å². The third-order valence-electron chi connectivity index (χ3n) is 2.56. The highest BCUT2D eigenvalue weighted by Gasteiger charge is 1.91. The van der Waals surface area contributed by atoms with Gasteiger partial charge in [-0.15, -0.1) is 12.4 Å². The van der Waals surface area contributed by atoms with Crippen molar-refractivity contribution in [3.8, 4) is 0 Å². The van der Waals surface area contributed by atoms with Crippen LogP contribution in [-0.2, 0) is 0 Å². The first-order valence-electron chi connectivity index (χ1n) is 7.85. The van der Waals surface area contributed by atoms with Crippen molar-refractivity contribution < 1.29 is 0 Å². The molecule has 1 nitrogen and oxygen atoms in total. The highest BCUT2D eigenvalue weighted by atomic mass is 35.5. The molecule has 0 bridgehead atoms. The van der Waals surface area contributed by atoms with Crippen LogP contribution < -0.4 is 5.73 Å². The average molecular weight is 280 g/mol. The van der Waals surface area contributed by atoms with E-state index in [2.05, 4.69) is 27.7 Å². The molecule has 0 aliphatic carbocycles. The molecular formula is C16H38ClN. The van der Waals surface area contributed by atoms with Crippen LogP contribution in [0.3, 0.4) is 0 Å². The zero-order valence-electron chi connectivity index (χ0n) is 13.3. The fourth-order valence-electron chi connectivity index (χ4n) is 1.63. The first-order chi connectivity index (χ1) is 8.15. The SMILES string of the molecule is CC(C)C.CCCCCCCCCCCCN.Cl. The second-order valence-corrected chi connectivity index (χ2v) is 5.70. The summed E-state index contributed by atoms with van der Waals surface area (Å²) in [7, 11) is 0. The highest BCUT2D eigenvalue weighted by Crippen LogP contribution is 2.09. The van der Waals surface area contributed by atoms with Crippen LogP contribution in [0.25, 0.3) is 0 Å². The first kappa shape index (κ1) is 23.4. The molecule has 18 heavy (non-hydrogen) atoms. The summed E-state index contributed by atoms with van der Waals surface area (Å²) < 4.78 is 0. The van der Waals surface area contributed by atoms with Crippen LogP contribution in [0, 0.1) is 5.92 Å². The molecule has 0 saturated heterocycles. The number of hydrogen-bond acceptors (Lipinski definition) is 1. The van der Waals surface area contributed by atoms with Crippen molar-refractivity contribution >= 4 is 12.4 Å². The van der Waals surface area contributed by atoms with Gasteiger partial charge < -0.3 is 5.73 Å². The van der Waals surface area contributed by atoms with Gasteiger partial charge in [0.2, 0.25) is 0 Å². The van der Waals surface area contributed by atoms with E-state index in [0.29, 0.717) is 0 Å². The van der Waals surface area contributed by atoms with Gasteiger partial charge in [-0.05, 0) is 18.9 Å². The Morgan fingerprint density at radius 1 is 0.667 bits per heavy atom. The van der Waals surface area contributed by atoms with Gasteiger partial charge in [0.05, 0.1) is 0 Å². The number of hydrogen-bond donors (Lipinski definition) is 1. The van der Waals surface area contributed by atoms with Crippen molar-refractivity contribution in [1.29, 1.82) is 0 Å². The fourth-order valence-corrected chi connectivity index (χ4v) is 1.63. The van der Waals surface area contributed by atoms with Gasteiger partial charge in [0.1, 0.15) is 0 Å². The fraction of sp³-hybridized carbons (Fsp3) is 1.00. The maximum Gasteiger partial charge on any atom is -0.00773 e. The van der Waals surface area contributed by atoms with Crippen molar-refractivity contribution in [2.45, 2.75) is 91.9 Å². The number of halogens is 1. The third-order valence-corrected chi connectivity index (χ3v) is 2.56. The molecule has 0 aromatic heterocycles. The van der Waals surface area contributed by atoms with Gasteiger partial charge >= 0.3 is 0 Å². The maximum absolute atomic E-state index is 5.42. The molecule has 0 rings (SSSR count).